The molecule has 65 heavy (non-hydrogen) atoms. The van der Waals surface area contributed by atoms with E-state index in [1.807, 2.05) is 66.7 Å². The summed E-state index contributed by atoms with van der Waals surface area (Å²) in [4.78, 5) is 40.3. The molecule has 0 saturated carbocycles. The van der Waals surface area contributed by atoms with Gasteiger partial charge in [0.1, 0.15) is 12.0 Å². The number of sulfonamides is 1. The first kappa shape index (κ1) is 45.7. The molecule has 18 heteroatoms. The Hall–Kier alpha value is -5.82. The van der Waals surface area contributed by atoms with Crippen molar-refractivity contribution in [3.63, 3.8) is 0 Å². The molecule has 0 spiro atoms. The first-order valence-corrected chi connectivity index (χ1v) is 24.4. The highest BCUT2D eigenvalue weighted by Crippen LogP contribution is 2.33. The minimum atomic E-state index is -4.32. The number of benzene rings is 5. The molecule has 0 bridgehead atoms. The highest BCUT2D eigenvalue weighted by molar-refractivity contribution is 7.99. The number of fused-ring (bicyclic) bond motifs is 1. The number of nitro groups is 1. The molecule has 1 aromatic heterocycles. The van der Waals surface area contributed by atoms with E-state index in [1.54, 1.807) is 23.3 Å². The molecule has 2 aliphatic heterocycles. The lowest BCUT2D eigenvalue weighted by atomic mass is 9.96. The number of nitrogens with zero attached hydrogens (tertiary/aromatic N) is 6. The molecule has 5 aromatic carbocycles. The summed E-state index contributed by atoms with van der Waals surface area (Å²) in [6, 6.07) is 35.5. The van der Waals surface area contributed by atoms with Gasteiger partial charge >= 0.3 is 0 Å². The second-order valence-corrected chi connectivity index (χ2v) is 19.5. The molecule has 3 heterocycles. The van der Waals surface area contributed by atoms with Gasteiger partial charge in [-0.3, -0.25) is 29.7 Å². The van der Waals surface area contributed by atoms with Crippen LogP contribution in [0.4, 0.5) is 22.9 Å². The zero-order chi connectivity index (χ0) is 45.3. The number of piperidine rings is 1. The Kier molecular flexibility index (Phi) is 14.8. The Morgan fingerprint density at radius 1 is 0.877 bits per heavy atom. The molecular formula is C47H50ClN9O6S2. The highest BCUT2D eigenvalue weighted by Gasteiger charge is 2.28. The van der Waals surface area contributed by atoms with Crippen LogP contribution in [0.1, 0.15) is 24.8 Å². The maximum Gasteiger partial charge on any atom is 0.293 e. The number of halogens is 1. The lowest BCUT2D eigenvalue weighted by molar-refractivity contribution is -0.384. The molecule has 0 radical (unpaired) electrons. The van der Waals surface area contributed by atoms with Crippen LogP contribution in [0.25, 0.3) is 22.0 Å². The molecule has 15 nitrogen and oxygen atoms in total. The number of thioether (sulfide) groups is 1. The van der Waals surface area contributed by atoms with Crippen LogP contribution >= 0.6 is 23.4 Å². The smallest absolute Gasteiger partial charge is 0.293 e. The van der Waals surface area contributed by atoms with Gasteiger partial charge in [0.25, 0.3) is 15.7 Å². The fourth-order valence-electron chi connectivity index (χ4n) is 8.41. The van der Waals surface area contributed by atoms with Crippen molar-refractivity contribution >= 4 is 73.1 Å². The number of piperazine rings is 1. The van der Waals surface area contributed by atoms with Crippen LogP contribution in [0.2, 0.25) is 5.02 Å². The molecule has 0 unspecified atom stereocenters. The standard InChI is InChI=1S/C47H50ClN9O6S2/c48-36-12-10-33(11-13-36)41-9-5-4-6-35(41)30-55-24-26-56(27-25-55)38-14-16-42-44(28-38)49-32-50-46(42)53-65(62,63)40-15-17-43(45(29-40)57(60)61)51-37(31-64-39-7-2-1-3-8-39)20-23-54-21-18-34(19-22-54)47(58)52-59/h1-17,28-29,32,34,37,51,59H,18-27,30-31H2,(H,52,58)(H,49,50,53)/t37-/m1/s1. The van der Waals surface area contributed by atoms with E-state index >= 15 is 0 Å². The predicted molar refractivity (Wildman–Crippen MR) is 256 cm³/mol. The van der Waals surface area contributed by atoms with Crippen molar-refractivity contribution < 1.29 is 23.3 Å². The van der Waals surface area contributed by atoms with Gasteiger partial charge in [-0.25, -0.2) is 23.9 Å². The number of nitro benzene ring substituents is 1. The number of aromatic nitrogens is 2. The summed E-state index contributed by atoms with van der Waals surface area (Å²) in [6.07, 6.45) is 3.17. The third-order valence-electron chi connectivity index (χ3n) is 12.0. The van der Waals surface area contributed by atoms with Crippen molar-refractivity contribution in [3.05, 3.63) is 142 Å². The molecule has 2 saturated heterocycles. The van der Waals surface area contributed by atoms with E-state index in [-0.39, 0.29) is 40.0 Å². The van der Waals surface area contributed by atoms with E-state index < -0.39 is 14.9 Å². The normalized spacial score (nSPS) is 15.7. The van der Waals surface area contributed by atoms with Crippen LogP contribution in [-0.2, 0) is 21.4 Å². The van der Waals surface area contributed by atoms with Gasteiger partial charge in [0, 0.05) is 84.0 Å². The maximum absolute atomic E-state index is 13.9. The number of carbonyl (C=O) groups excluding carboxylic acids is 1. The lowest BCUT2D eigenvalue weighted by Gasteiger charge is -2.36. The summed E-state index contributed by atoms with van der Waals surface area (Å²) < 4.78 is 30.3. The van der Waals surface area contributed by atoms with E-state index in [0.717, 1.165) is 54.9 Å². The van der Waals surface area contributed by atoms with Crippen LogP contribution < -0.4 is 20.4 Å². The number of hydrogen-bond acceptors (Lipinski definition) is 13. The number of hydroxylamine groups is 1. The van der Waals surface area contributed by atoms with E-state index in [0.29, 0.717) is 60.6 Å². The lowest BCUT2D eigenvalue weighted by Crippen LogP contribution is -2.46. The molecule has 6 aromatic rings. The van der Waals surface area contributed by atoms with E-state index in [1.165, 1.54) is 29.6 Å². The minimum Gasteiger partial charge on any atom is -0.376 e. The van der Waals surface area contributed by atoms with Gasteiger partial charge in [-0.15, -0.1) is 11.8 Å². The Bertz CT molecular complexity index is 2720. The first-order valence-electron chi connectivity index (χ1n) is 21.5. The number of nitrogens with one attached hydrogen (secondary N) is 3. The van der Waals surface area contributed by atoms with Gasteiger partial charge in [0.2, 0.25) is 5.91 Å². The van der Waals surface area contributed by atoms with Crippen LogP contribution in [0.3, 0.4) is 0 Å². The predicted octanol–water partition coefficient (Wildman–Crippen LogP) is 8.16. The number of likely N-dealkylation sites (tertiary alicyclic amines) is 1. The summed E-state index contributed by atoms with van der Waals surface area (Å²) in [5.41, 5.74) is 6.66. The topological polar surface area (TPSA) is 186 Å². The minimum absolute atomic E-state index is 0.0644. The summed E-state index contributed by atoms with van der Waals surface area (Å²) in [5.74, 6) is 0.0368. The Morgan fingerprint density at radius 2 is 1.62 bits per heavy atom. The summed E-state index contributed by atoms with van der Waals surface area (Å²) in [6.45, 7) is 6.14. The van der Waals surface area contributed by atoms with Gasteiger partial charge in [-0.05, 0) is 104 Å². The molecule has 8 rings (SSSR count). The number of rotatable bonds is 17. The van der Waals surface area contributed by atoms with Crippen molar-refractivity contribution in [2.75, 3.05) is 66.5 Å². The number of hydrogen-bond donors (Lipinski definition) is 4. The van der Waals surface area contributed by atoms with Crippen molar-refractivity contribution in [1.82, 2.24) is 25.2 Å². The Balaban J connectivity index is 0.925. The van der Waals surface area contributed by atoms with Crippen LogP contribution in [0.15, 0.2) is 131 Å². The SMILES string of the molecule is O=C(NO)C1CCN(CC[C@H](CSc2ccccc2)Nc2ccc(S(=O)(=O)Nc3ncnc4cc(N5CCN(Cc6ccccc6-c6ccc(Cl)cc6)CC5)ccc34)cc2[N+](=O)[O-])CC1. The average molecular weight is 937 g/mol. The van der Waals surface area contributed by atoms with E-state index in [2.05, 4.69) is 59.0 Å². The summed E-state index contributed by atoms with van der Waals surface area (Å²) in [5, 5.41) is 26.1. The van der Waals surface area contributed by atoms with E-state index in [9.17, 15) is 23.3 Å². The van der Waals surface area contributed by atoms with E-state index in [4.69, 9.17) is 16.8 Å². The van der Waals surface area contributed by atoms with Crippen molar-refractivity contribution in [1.29, 1.82) is 0 Å². The van der Waals surface area contributed by atoms with Gasteiger partial charge in [0.15, 0.2) is 5.82 Å². The molecule has 0 aliphatic carbocycles. The maximum atomic E-state index is 13.9. The van der Waals surface area contributed by atoms with Crippen molar-refractivity contribution in [3.8, 4) is 11.1 Å². The second kappa shape index (κ2) is 21.0. The number of carbonyl (C=O) groups is 1. The summed E-state index contributed by atoms with van der Waals surface area (Å²) >= 11 is 7.77. The first-order chi connectivity index (χ1) is 31.5. The van der Waals surface area contributed by atoms with Gasteiger partial charge in [0.05, 0.1) is 15.3 Å². The quantitative estimate of drug-likeness (QED) is 0.0297. The van der Waals surface area contributed by atoms with Gasteiger partial charge in [-0.1, -0.05) is 66.2 Å². The second-order valence-electron chi connectivity index (χ2n) is 16.2. The summed E-state index contributed by atoms with van der Waals surface area (Å²) in [7, 11) is -4.32. The third kappa shape index (κ3) is 11.5. The van der Waals surface area contributed by atoms with Crippen molar-refractivity contribution in [2.45, 2.75) is 41.6 Å². The fourth-order valence-corrected chi connectivity index (χ4v) is 10.6. The zero-order valence-electron chi connectivity index (χ0n) is 35.6. The third-order valence-corrected chi connectivity index (χ3v) is 14.8. The monoisotopic (exact) mass is 935 g/mol. The Morgan fingerprint density at radius 3 is 2.35 bits per heavy atom. The van der Waals surface area contributed by atoms with Gasteiger partial charge in [-0.2, -0.15) is 0 Å². The number of amides is 1. The highest BCUT2D eigenvalue weighted by atomic mass is 35.5. The van der Waals surface area contributed by atoms with Gasteiger partial charge < -0.3 is 15.1 Å². The molecule has 1 atom stereocenters. The van der Waals surface area contributed by atoms with Crippen LogP contribution in [-0.4, -0.2) is 102 Å². The molecule has 4 N–H and O–H groups in total. The molecule has 2 fully saturated rings. The van der Waals surface area contributed by atoms with Crippen molar-refractivity contribution in [2.24, 2.45) is 5.92 Å². The fraction of sp³-hybridized carbons (Fsp3) is 0.298. The zero-order valence-corrected chi connectivity index (χ0v) is 37.9. The molecule has 2 aliphatic rings. The largest absolute Gasteiger partial charge is 0.376 e. The van der Waals surface area contributed by atoms with Crippen LogP contribution in [0, 0.1) is 16.0 Å². The number of anilines is 3. The Labute approximate surface area is 387 Å². The van der Waals surface area contributed by atoms with Crippen LogP contribution in [0.5, 0.6) is 0 Å². The molecular weight excluding hydrogens is 886 g/mol. The molecule has 1 amide bonds. The molecule has 338 valence electrons. The average Bonchev–Trinajstić information content (AvgIpc) is 3.33.